The molecule has 2 rings (SSSR count). The Labute approximate surface area is 116 Å². The second kappa shape index (κ2) is 5.80. The van der Waals surface area contributed by atoms with Crippen molar-refractivity contribution in [1.29, 1.82) is 0 Å². The molecule has 2 aliphatic rings. The number of hydrogen-bond acceptors (Lipinski definition) is 4. The summed E-state index contributed by atoms with van der Waals surface area (Å²) in [6, 6.07) is -0.0664. The molecule has 19 heavy (non-hydrogen) atoms. The normalized spacial score (nSPS) is 31.3. The Kier molecular flexibility index (Phi) is 4.51. The average molecular weight is 268 g/mol. The standard InChI is InChI=1S/C15H28N2O2/c1-15(2,17(3)4)10-19-14(18)13-12-8-6-5-7-11(12)9-16-13/h11-13,16H,5-10H2,1-4H3/t11-,12+,13+/m1/s1. The van der Waals surface area contributed by atoms with Crippen LogP contribution in [-0.2, 0) is 9.53 Å². The summed E-state index contributed by atoms with van der Waals surface area (Å²) in [5.41, 5.74) is -0.111. The van der Waals surface area contributed by atoms with Crippen LogP contribution >= 0.6 is 0 Å². The van der Waals surface area contributed by atoms with Crippen molar-refractivity contribution >= 4 is 5.97 Å². The zero-order valence-corrected chi connectivity index (χ0v) is 12.7. The molecule has 0 aromatic carbocycles. The third-order valence-electron chi connectivity index (χ3n) is 5.03. The van der Waals surface area contributed by atoms with Crippen LogP contribution in [0.25, 0.3) is 0 Å². The van der Waals surface area contributed by atoms with Crippen molar-refractivity contribution in [3.63, 3.8) is 0 Å². The van der Waals surface area contributed by atoms with Gasteiger partial charge in [0.25, 0.3) is 0 Å². The van der Waals surface area contributed by atoms with Crippen LogP contribution < -0.4 is 5.32 Å². The van der Waals surface area contributed by atoms with E-state index in [1.165, 1.54) is 25.7 Å². The average Bonchev–Trinajstić information content (AvgIpc) is 2.79. The molecule has 4 nitrogen and oxygen atoms in total. The van der Waals surface area contributed by atoms with Gasteiger partial charge >= 0.3 is 5.97 Å². The minimum absolute atomic E-state index is 0.0516. The molecule has 0 bridgehead atoms. The Morgan fingerprint density at radius 2 is 2.00 bits per heavy atom. The van der Waals surface area contributed by atoms with Crippen LogP contribution in [0.1, 0.15) is 39.5 Å². The first-order valence-corrected chi connectivity index (χ1v) is 7.49. The zero-order chi connectivity index (χ0) is 14.0. The lowest BCUT2D eigenvalue weighted by atomic mass is 9.78. The fourth-order valence-corrected chi connectivity index (χ4v) is 3.08. The number of carbonyl (C=O) groups is 1. The number of likely N-dealkylation sites (N-methyl/N-ethyl adjacent to an activating group) is 1. The number of ether oxygens (including phenoxy) is 1. The predicted octanol–water partition coefficient (Wildman–Crippen LogP) is 1.65. The summed E-state index contributed by atoms with van der Waals surface area (Å²) >= 11 is 0. The summed E-state index contributed by atoms with van der Waals surface area (Å²) in [6.07, 6.45) is 5.02. The molecule has 4 heteroatoms. The molecule has 1 N–H and O–H groups in total. The van der Waals surface area contributed by atoms with Gasteiger partial charge in [0.2, 0.25) is 0 Å². The Morgan fingerprint density at radius 3 is 2.68 bits per heavy atom. The molecule has 3 atom stereocenters. The second-order valence-corrected chi connectivity index (χ2v) is 6.91. The summed E-state index contributed by atoms with van der Waals surface area (Å²) in [4.78, 5) is 14.4. The van der Waals surface area contributed by atoms with E-state index in [2.05, 4.69) is 24.1 Å². The molecule has 2 fully saturated rings. The van der Waals surface area contributed by atoms with Crippen molar-refractivity contribution in [2.75, 3.05) is 27.2 Å². The molecule has 1 saturated carbocycles. The van der Waals surface area contributed by atoms with Crippen LogP contribution in [0, 0.1) is 11.8 Å². The summed E-state index contributed by atoms with van der Waals surface area (Å²) in [7, 11) is 4.03. The van der Waals surface area contributed by atoms with E-state index in [4.69, 9.17) is 4.74 Å². The van der Waals surface area contributed by atoms with Gasteiger partial charge in [-0.05, 0) is 59.2 Å². The van der Waals surface area contributed by atoms with Crippen LogP contribution in [0.15, 0.2) is 0 Å². The first kappa shape index (κ1) is 14.8. The van der Waals surface area contributed by atoms with E-state index in [0.717, 1.165) is 6.54 Å². The van der Waals surface area contributed by atoms with E-state index >= 15 is 0 Å². The molecule has 110 valence electrons. The van der Waals surface area contributed by atoms with Crippen molar-refractivity contribution in [1.82, 2.24) is 10.2 Å². The minimum atomic E-state index is -0.111. The molecule has 0 aromatic rings. The lowest BCUT2D eigenvalue weighted by Crippen LogP contribution is -2.45. The summed E-state index contributed by atoms with van der Waals surface area (Å²) in [5, 5.41) is 3.38. The number of hydrogen-bond donors (Lipinski definition) is 1. The molecule has 0 aromatic heterocycles. The van der Waals surface area contributed by atoms with Gasteiger partial charge in [-0.15, -0.1) is 0 Å². The van der Waals surface area contributed by atoms with Gasteiger partial charge in [0.15, 0.2) is 0 Å². The molecule has 0 unspecified atom stereocenters. The lowest BCUT2D eigenvalue weighted by Gasteiger charge is -2.33. The van der Waals surface area contributed by atoms with Gasteiger partial charge in [-0.3, -0.25) is 4.79 Å². The number of carbonyl (C=O) groups excluding carboxylic acids is 1. The van der Waals surface area contributed by atoms with Gasteiger partial charge in [-0.2, -0.15) is 0 Å². The number of rotatable bonds is 4. The van der Waals surface area contributed by atoms with Crippen LogP contribution in [0.3, 0.4) is 0 Å². The smallest absolute Gasteiger partial charge is 0.323 e. The largest absolute Gasteiger partial charge is 0.463 e. The monoisotopic (exact) mass is 268 g/mol. The summed E-state index contributed by atoms with van der Waals surface area (Å²) < 4.78 is 5.56. The van der Waals surface area contributed by atoms with Crippen molar-refractivity contribution in [2.45, 2.75) is 51.1 Å². The Bertz CT molecular complexity index is 328. The topological polar surface area (TPSA) is 41.6 Å². The van der Waals surface area contributed by atoms with E-state index in [-0.39, 0.29) is 17.6 Å². The molecule has 1 aliphatic carbocycles. The number of nitrogens with one attached hydrogen (secondary N) is 1. The van der Waals surface area contributed by atoms with Crippen LogP contribution in [-0.4, -0.2) is 49.7 Å². The quantitative estimate of drug-likeness (QED) is 0.787. The van der Waals surface area contributed by atoms with Crippen LogP contribution in [0.5, 0.6) is 0 Å². The van der Waals surface area contributed by atoms with Gasteiger partial charge in [-0.25, -0.2) is 0 Å². The maximum absolute atomic E-state index is 12.3. The van der Waals surface area contributed by atoms with Crippen LogP contribution in [0.2, 0.25) is 0 Å². The van der Waals surface area contributed by atoms with E-state index < -0.39 is 0 Å². The third kappa shape index (κ3) is 3.29. The van der Waals surface area contributed by atoms with E-state index in [1.54, 1.807) is 0 Å². The van der Waals surface area contributed by atoms with Gasteiger partial charge in [0.05, 0.1) is 0 Å². The van der Waals surface area contributed by atoms with E-state index in [9.17, 15) is 4.79 Å². The summed E-state index contributed by atoms with van der Waals surface area (Å²) in [6.45, 7) is 5.62. The molecule has 1 heterocycles. The molecular formula is C15H28N2O2. The highest BCUT2D eigenvalue weighted by Gasteiger charge is 2.42. The highest BCUT2D eigenvalue weighted by atomic mass is 16.5. The molecule has 0 spiro atoms. The first-order chi connectivity index (χ1) is 8.92. The number of fused-ring (bicyclic) bond motifs is 1. The lowest BCUT2D eigenvalue weighted by molar-refractivity contribution is -0.150. The maximum Gasteiger partial charge on any atom is 0.323 e. The Balaban J connectivity index is 1.87. The molecular weight excluding hydrogens is 240 g/mol. The zero-order valence-electron chi connectivity index (χ0n) is 12.7. The fraction of sp³-hybridized carbons (Fsp3) is 0.933. The Hall–Kier alpha value is -0.610. The van der Waals surface area contributed by atoms with Gasteiger partial charge < -0.3 is 15.0 Å². The summed E-state index contributed by atoms with van der Waals surface area (Å²) in [5.74, 6) is 1.14. The minimum Gasteiger partial charge on any atom is -0.463 e. The molecule has 1 aliphatic heterocycles. The van der Waals surface area contributed by atoms with Crippen molar-refractivity contribution in [3.05, 3.63) is 0 Å². The second-order valence-electron chi connectivity index (χ2n) is 6.91. The van der Waals surface area contributed by atoms with E-state index in [0.29, 0.717) is 18.4 Å². The highest BCUT2D eigenvalue weighted by Crippen LogP contribution is 2.36. The van der Waals surface area contributed by atoms with Crippen molar-refractivity contribution < 1.29 is 9.53 Å². The van der Waals surface area contributed by atoms with Gasteiger partial charge in [0.1, 0.15) is 12.6 Å². The number of esters is 1. The van der Waals surface area contributed by atoms with E-state index in [1.807, 2.05) is 14.1 Å². The molecule has 1 saturated heterocycles. The maximum atomic E-state index is 12.3. The molecule has 0 amide bonds. The third-order valence-corrected chi connectivity index (χ3v) is 5.03. The van der Waals surface area contributed by atoms with Crippen molar-refractivity contribution in [3.8, 4) is 0 Å². The van der Waals surface area contributed by atoms with Gasteiger partial charge in [0, 0.05) is 5.54 Å². The molecule has 0 radical (unpaired) electrons. The van der Waals surface area contributed by atoms with Gasteiger partial charge in [-0.1, -0.05) is 12.8 Å². The predicted molar refractivity (Wildman–Crippen MR) is 76.0 cm³/mol. The SMILES string of the molecule is CN(C)C(C)(C)COC(=O)[C@H]1NC[C@H]2CCCC[C@@H]21. The number of nitrogens with zero attached hydrogens (tertiary/aromatic N) is 1. The first-order valence-electron chi connectivity index (χ1n) is 7.49. The highest BCUT2D eigenvalue weighted by molar-refractivity contribution is 5.76. The Morgan fingerprint density at radius 1 is 1.32 bits per heavy atom. The van der Waals surface area contributed by atoms with Crippen molar-refractivity contribution in [2.24, 2.45) is 11.8 Å². The van der Waals surface area contributed by atoms with Crippen LogP contribution in [0.4, 0.5) is 0 Å². The fourth-order valence-electron chi connectivity index (χ4n) is 3.08.